The quantitative estimate of drug-likeness (QED) is 0.838. The van der Waals surface area contributed by atoms with E-state index in [1.165, 1.54) is 18.9 Å². The topological polar surface area (TPSA) is 58.6 Å². The van der Waals surface area contributed by atoms with Crippen LogP contribution in [0.1, 0.15) is 27.2 Å². The zero-order valence-electron chi connectivity index (χ0n) is 13.5. The molecule has 0 aromatic heterocycles. The summed E-state index contributed by atoms with van der Waals surface area (Å²) in [6, 6.07) is 4.99. The van der Waals surface area contributed by atoms with Crippen molar-refractivity contribution in [3.63, 3.8) is 0 Å². The van der Waals surface area contributed by atoms with E-state index in [9.17, 15) is 9.59 Å². The number of amides is 2. The Morgan fingerprint density at radius 3 is 2.55 bits per heavy atom. The summed E-state index contributed by atoms with van der Waals surface area (Å²) in [5.41, 5.74) is 0.567. The highest BCUT2D eigenvalue weighted by Gasteiger charge is 2.17. The molecule has 1 aromatic rings. The van der Waals surface area contributed by atoms with Gasteiger partial charge in [0.2, 0.25) is 11.8 Å². The maximum Gasteiger partial charge on any atom is 0.240 e. The number of hydrogen-bond donors (Lipinski definition) is 1. The molecular weight excluding hydrogens is 304 g/mol. The van der Waals surface area contributed by atoms with Gasteiger partial charge in [0, 0.05) is 19.2 Å². The molecule has 0 aliphatic heterocycles. The van der Waals surface area contributed by atoms with Crippen molar-refractivity contribution >= 4 is 29.1 Å². The van der Waals surface area contributed by atoms with Gasteiger partial charge >= 0.3 is 0 Å². The summed E-state index contributed by atoms with van der Waals surface area (Å²) in [7, 11) is 1.52. The molecule has 0 atom stereocenters. The first kappa shape index (κ1) is 18.3. The van der Waals surface area contributed by atoms with E-state index in [0.717, 1.165) is 6.42 Å². The predicted octanol–water partition coefficient (Wildman–Crippen LogP) is 2.86. The molecular formula is C16H23ClN2O3. The lowest BCUT2D eigenvalue weighted by molar-refractivity contribution is -0.123. The summed E-state index contributed by atoms with van der Waals surface area (Å²) in [5.74, 6) is 0.628. The van der Waals surface area contributed by atoms with Crippen molar-refractivity contribution in [2.45, 2.75) is 27.2 Å². The number of nitrogens with zero attached hydrogens (tertiary/aromatic N) is 1. The van der Waals surface area contributed by atoms with Gasteiger partial charge in [0.05, 0.1) is 12.1 Å². The zero-order valence-corrected chi connectivity index (χ0v) is 14.2. The Balaban J connectivity index is 2.75. The molecule has 0 radical (unpaired) electrons. The summed E-state index contributed by atoms with van der Waals surface area (Å²) in [4.78, 5) is 25.1. The molecule has 122 valence electrons. The standard InChI is InChI=1S/C16H23ClN2O3/c1-11(2)7-8-18-16(21)10-19(12(3)20)13-5-6-15(22-4)14(17)9-13/h5-6,9,11H,7-8,10H2,1-4H3,(H,18,21). The molecule has 0 bridgehead atoms. The van der Waals surface area contributed by atoms with E-state index in [0.29, 0.717) is 28.9 Å². The van der Waals surface area contributed by atoms with Crippen LogP contribution in [0.15, 0.2) is 18.2 Å². The van der Waals surface area contributed by atoms with Gasteiger partial charge in [-0.3, -0.25) is 9.59 Å². The van der Waals surface area contributed by atoms with Gasteiger partial charge in [-0.1, -0.05) is 25.4 Å². The van der Waals surface area contributed by atoms with E-state index in [2.05, 4.69) is 19.2 Å². The lowest BCUT2D eigenvalue weighted by Gasteiger charge is -2.21. The Kier molecular flexibility index (Phi) is 7.18. The van der Waals surface area contributed by atoms with Gasteiger partial charge in [0.25, 0.3) is 0 Å². The van der Waals surface area contributed by atoms with Crippen molar-refractivity contribution in [1.82, 2.24) is 5.32 Å². The summed E-state index contributed by atoms with van der Waals surface area (Å²) in [5, 5.41) is 3.21. The van der Waals surface area contributed by atoms with Crippen LogP contribution in [0.3, 0.4) is 0 Å². The highest BCUT2D eigenvalue weighted by molar-refractivity contribution is 6.32. The molecule has 1 rings (SSSR count). The molecule has 0 aliphatic rings. The number of ether oxygens (including phenoxy) is 1. The molecule has 6 heteroatoms. The van der Waals surface area contributed by atoms with E-state index in [1.807, 2.05) is 0 Å². The SMILES string of the molecule is COc1ccc(N(CC(=O)NCCC(C)C)C(C)=O)cc1Cl. The van der Waals surface area contributed by atoms with E-state index in [4.69, 9.17) is 16.3 Å². The number of benzene rings is 1. The number of halogens is 1. The summed E-state index contributed by atoms with van der Waals surface area (Å²) in [6.45, 7) is 6.17. The van der Waals surface area contributed by atoms with Gasteiger partial charge < -0.3 is 15.0 Å². The van der Waals surface area contributed by atoms with Crippen LogP contribution >= 0.6 is 11.6 Å². The third-order valence-corrected chi connectivity index (χ3v) is 3.47. The molecule has 5 nitrogen and oxygen atoms in total. The highest BCUT2D eigenvalue weighted by Crippen LogP contribution is 2.29. The smallest absolute Gasteiger partial charge is 0.240 e. The average molecular weight is 327 g/mol. The number of methoxy groups -OCH3 is 1. The first-order valence-electron chi connectivity index (χ1n) is 7.23. The molecule has 0 saturated heterocycles. The van der Waals surface area contributed by atoms with E-state index >= 15 is 0 Å². The second-order valence-electron chi connectivity index (χ2n) is 5.46. The van der Waals surface area contributed by atoms with Crippen molar-refractivity contribution < 1.29 is 14.3 Å². The molecule has 0 fully saturated rings. The third-order valence-electron chi connectivity index (χ3n) is 3.17. The molecule has 0 heterocycles. The van der Waals surface area contributed by atoms with Crippen LogP contribution in [-0.2, 0) is 9.59 Å². The van der Waals surface area contributed by atoms with Crippen molar-refractivity contribution in [3.8, 4) is 5.75 Å². The monoisotopic (exact) mass is 326 g/mol. The first-order valence-corrected chi connectivity index (χ1v) is 7.61. The molecule has 0 unspecified atom stereocenters. The number of carbonyl (C=O) groups excluding carboxylic acids is 2. The Morgan fingerprint density at radius 1 is 1.36 bits per heavy atom. The molecule has 2 amide bonds. The number of anilines is 1. The number of carbonyl (C=O) groups is 2. The fourth-order valence-electron chi connectivity index (χ4n) is 1.91. The largest absolute Gasteiger partial charge is 0.495 e. The molecule has 22 heavy (non-hydrogen) atoms. The number of hydrogen-bond acceptors (Lipinski definition) is 3. The normalized spacial score (nSPS) is 10.5. The summed E-state index contributed by atoms with van der Waals surface area (Å²) in [6.07, 6.45) is 0.903. The minimum atomic E-state index is -0.222. The lowest BCUT2D eigenvalue weighted by atomic mass is 10.1. The van der Waals surface area contributed by atoms with Crippen LogP contribution in [0.5, 0.6) is 5.75 Å². The second-order valence-corrected chi connectivity index (χ2v) is 5.86. The van der Waals surface area contributed by atoms with Gasteiger partial charge in [0.15, 0.2) is 0 Å². The van der Waals surface area contributed by atoms with Crippen LogP contribution in [0.25, 0.3) is 0 Å². The van der Waals surface area contributed by atoms with Crippen LogP contribution < -0.4 is 15.0 Å². The Labute approximate surface area is 136 Å². The number of nitrogens with one attached hydrogen (secondary N) is 1. The van der Waals surface area contributed by atoms with Crippen molar-refractivity contribution in [1.29, 1.82) is 0 Å². The average Bonchev–Trinajstić information content (AvgIpc) is 2.44. The van der Waals surface area contributed by atoms with Crippen LogP contribution in [0.4, 0.5) is 5.69 Å². The first-order chi connectivity index (χ1) is 10.3. The maximum absolute atomic E-state index is 12.0. The zero-order chi connectivity index (χ0) is 16.7. The minimum Gasteiger partial charge on any atom is -0.495 e. The Morgan fingerprint density at radius 2 is 2.05 bits per heavy atom. The molecule has 0 saturated carbocycles. The van der Waals surface area contributed by atoms with Crippen LogP contribution in [0.2, 0.25) is 5.02 Å². The van der Waals surface area contributed by atoms with Gasteiger partial charge in [-0.2, -0.15) is 0 Å². The molecule has 0 spiro atoms. The molecule has 1 N–H and O–H groups in total. The van der Waals surface area contributed by atoms with Gasteiger partial charge in [-0.25, -0.2) is 0 Å². The van der Waals surface area contributed by atoms with Crippen LogP contribution in [0, 0.1) is 5.92 Å². The summed E-state index contributed by atoms with van der Waals surface area (Å²) >= 11 is 6.07. The fourth-order valence-corrected chi connectivity index (χ4v) is 2.16. The Hall–Kier alpha value is -1.75. The highest BCUT2D eigenvalue weighted by atomic mass is 35.5. The van der Waals surface area contributed by atoms with Crippen molar-refractivity contribution in [2.24, 2.45) is 5.92 Å². The third kappa shape index (κ3) is 5.56. The summed E-state index contributed by atoms with van der Waals surface area (Å²) < 4.78 is 5.08. The van der Waals surface area contributed by atoms with Crippen molar-refractivity contribution in [3.05, 3.63) is 23.2 Å². The second kappa shape index (κ2) is 8.63. The molecule has 1 aromatic carbocycles. The lowest BCUT2D eigenvalue weighted by Crippen LogP contribution is -2.40. The van der Waals surface area contributed by atoms with Crippen molar-refractivity contribution in [2.75, 3.05) is 25.1 Å². The van der Waals surface area contributed by atoms with Gasteiger partial charge in [-0.05, 0) is 30.5 Å². The number of rotatable bonds is 7. The minimum absolute atomic E-state index is 0.0317. The van der Waals surface area contributed by atoms with E-state index < -0.39 is 0 Å². The van der Waals surface area contributed by atoms with Gasteiger partial charge in [-0.15, -0.1) is 0 Å². The van der Waals surface area contributed by atoms with E-state index in [1.54, 1.807) is 18.2 Å². The van der Waals surface area contributed by atoms with Crippen LogP contribution in [-0.4, -0.2) is 32.0 Å². The Bertz CT molecular complexity index is 532. The maximum atomic E-state index is 12.0. The molecule has 0 aliphatic carbocycles. The van der Waals surface area contributed by atoms with E-state index in [-0.39, 0.29) is 18.4 Å². The fraction of sp³-hybridized carbons (Fsp3) is 0.500. The predicted molar refractivity (Wildman–Crippen MR) is 88.5 cm³/mol. The van der Waals surface area contributed by atoms with Gasteiger partial charge in [0.1, 0.15) is 12.3 Å².